The number of ether oxygens (including phenoxy) is 2. The normalized spacial score (nSPS) is 11.5. The van der Waals surface area contributed by atoms with Crippen LogP contribution in [0.1, 0.15) is 11.1 Å². The van der Waals surface area contributed by atoms with Crippen LogP contribution in [0.4, 0.5) is 5.82 Å². The van der Waals surface area contributed by atoms with Crippen molar-refractivity contribution in [1.29, 1.82) is 0 Å². The topological polar surface area (TPSA) is 93.6 Å². The molecule has 3 aromatic carbocycles. The summed E-state index contributed by atoms with van der Waals surface area (Å²) in [6.45, 7) is 0.821. The number of hydrogen-bond acceptors (Lipinski definition) is 6. The molecule has 1 aromatic heterocycles. The van der Waals surface area contributed by atoms with Crippen molar-refractivity contribution in [3.05, 3.63) is 108 Å². The van der Waals surface area contributed by atoms with E-state index in [1.807, 2.05) is 84.9 Å². The molecule has 1 heterocycles. The van der Waals surface area contributed by atoms with Crippen molar-refractivity contribution >= 4 is 11.8 Å². The molecule has 0 saturated carbocycles. The average molecular weight is 456 g/mol. The van der Waals surface area contributed by atoms with E-state index >= 15 is 0 Å². The minimum absolute atomic E-state index is 0.00296. The van der Waals surface area contributed by atoms with Gasteiger partial charge >= 0.3 is 5.97 Å². The first kappa shape index (κ1) is 22.9. The standard InChI is InChI=1S/C27H25N3O4/c31-27(32)25(18-33-16-20-7-3-1-4-8-20)30-26-15-24(28-19-29-26)22-11-13-23(14-12-22)34-17-21-9-5-2-6-10-21/h1-15,19,25H,16-18H2,(H,31,32)(H,28,29,30). The molecule has 0 aliphatic carbocycles. The highest BCUT2D eigenvalue weighted by atomic mass is 16.5. The highest BCUT2D eigenvalue weighted by Crippen LogP contribution is 2.23. The van der Waals surface area contributed by atoms with E-state index in [0.29, 0.717) is 24.7 Å². The van der Waals surface area contributed by atoms with E-state index in [1.165, 1.54) is 6.33 Å². The fourth-order valence-electron chi connectivity index (χ4n) is 3.28. The summed E-state index contributed by atoms with van der Waals surface area (Å²) in [4.78, 5) is 20.2. The van der Waals surface area contributed by atoms with Crippen LogP contribution in [-0.4, -0.2) is 33.7 Å². The zero-order chi connectivity index (χ0) is 23.6. The molecule has 0 aliphatic heterocycles. The lowest BCUT2D eigenvalue weighted by atomic mass is 10.1. The van der Waals surface area contributed by atoms with Gasteiger partial charge in [-0.05, 0) is 35.4 Å². The van der Waals surface area contributed by atoms with Gasteiger partial charge in [-0.25, -0.2) is 14.8 Å². The van der Waals surface area contributed by atoms with Crippen molar-refractivity contribution in [3.63, 3.8) is 0 Å². The molecule has 0 radical (unpaired) electrons. The molecule has 7 nitrogen and oxygen atoms in total. The summed E-state index contributed by atoms with van der Waals surface area (Å²) >= 11 is 0. The number of hydrogen-bond donors (Lipinski definition) is 2. The summed E-state index contributed by atoms with van der Waals surface area (Å²) in [7, 11) is 0. The van der Waals surface area contributed by atoms with E-state index in [-0.39, 0.29) is 6.61 Å². The summed E-state index contributed by atoms with van der Waals surface area (Å²) in [5.74, 6) is 0.139. The Bertz CT molecular complexity index is 1190. The molecule has 34 heavy (non-hydrogen) atoms. The minimum atomic E-state index is -1.02. The van der Waals surface area contributed by atoms with Crippen LogP contribution in [0.3, 0.4) is 0 Å². The maximum absolute atomic E-state index is 11.7. The second kappa shape index (κ2) is 11.6. The summed E-state index contributed by atoms with van der Waals surface area (Å²) in [5, 5.41) is 12.5. The largest absolute Gasteiger partial charge is 0.489 e. The first-order valence-corrected chi connectivity index (χ1v) is 10.9. The molecule has 0 amide bonds. The molecule has 1 unspecified atom stereocenters. The lowest BCUT2D eigenvalue weighted by Gasteiger charge is -2.16. The molecule has 0 aliphatic rings. The first-order valence-electron chi connectivity index (χ1n) is 10.9. The zero-order valence-electron chi connectivity index (χ0n) is 18.5. The summed E-state index contributed by atoms with van der Waals surface area (Å²) in [6.07, 6.45) is 1.40. The molecule has 2 N–H and O–H groups in total. The Labute approximate surface area is 198 Å². The Balaban J connectivity index is 1.35. The quantitative estimate of drug-likeness (QED) is 0.335. The number of carbonyl (C=O) groups is 1. The third-order valence-electron chi connectivity index (χ3n) is 5.08. The number of nitrogens with one attached hydrogen (secondary N) is 1. The van der Waals surface area contributed by atoms with Gasteiger partial charge in [0.15, 0.2) is 0 Å². The Kier molecular flexibility index (Phi) is 7.82. The van der Waals surface area contributed by atoms with E-state index in [4.69, 9.17) is 9.47 Å². The van der Waals surface area contributed by atoms with E-state index in [1.54, 1.807) is 6.07 Å². The predicted octanol–water partition coefficient (Wildman–Crippen LogP) is 4.80. The summed E-state index contributed by atoms with van der Waals surface area (Å²) in [5.41, 5.74) is 3.61. The Morgan fingerprint density at radius 2 is 1.50 bits per heavy atom. The van der Waals surface area contributed by atoms with Gasteiger partial charge in [-0.3, -0.25) is 0 Å². The maximum atomic E-state index is 11.7. The SMILES string of the molecule is O=C(O)C(COCc1ccccc1)Nc1cc(-c2ccc(OCc3ccccc3)cc2)ncn1. The van der Waals surface area contributed by atoms with Crippen LogP contribution in [0.15, 0.2) is 97.3 Å². The van der Waals surface area contributed by atoms with Gasteiger partial charge in [0.1, 0.15) is 30.5 Å². The molecule has 0 saturated heterocycles. The third kappa shape index (κ3) is 6.63. The highest BCUT2D eigenvalue weighted by molar-refractivity contribution is 5.77. The van der Waals surface area contributed by atoms with Gasteiger partial charge < -0.3 is 19.9 Å². The Morgan fingerprint density at radius 1 is 0.853 bits per heavy atom. The molecule has 172 valence electrons. The van der Waals surface area contributed by atoms with Crippen LogP contribution >= 0.6 is 0 Å². The number of aliphatic carboxylic acids is 1. The molecular weight excluding hydrogens is 430 g/mol. The molecule has 0 bridgehead atoms. The van der Waals surface area contributed by atoms with Gasteiger partial charge in [-0.15, -0.1) is 0 Å². The minimum Gasteiger partial charge on any atom is -0.489 e. The number of carboxylic acids is 1. The Morgan fingerprint density at radius 3 is 2.15 bits per heavy atom. The van der Waals surface area contributed by atoms with Crippen molar-refractivity contribution in [1.82, 2.24) is 9.97 Å². The molecule has 0 spiro atoms. The number of benzene rings is 3. The van der Waals surface area contributed by atoms with Crippen molar-refractivity contribution in [2.75, 3.05) is 11.9 Å². The molecule has 4 aromatic rings. The molecule has 1 atom stereocenters. The first-order chi connectivity index (χ1) is 16.7. The lowest BCUT2D eigenvalue weighted by molar-refractivity contribution is -0.139. The van der Waals surface area contributed by atoms with Gasteiger partial charge in [0.2, 0.25) is 0 Å². The number of anilines is 1. The van der Waals surface area contributed by atoms with Crippen LogP contribution in [0.5, 0.6) is 5.75 Å². The Hall–Kier alpha value is -4.23. The second-order valence-corrected chi connectivity index (χ2v) is 7.62. The van der Waals surface area contributed by atoms with E-state index in [0.717, 1.165) is 22.4 Å². The second-order valence-electron chi connectivity index (χ2n) is 7.62. The van der Waals surface area contributed by atoms with Crippen LogP contribution in [0.2, 0.25) is 0 Å². The number of rotatable bonds is 11. The fraction of sp³-hybridized carbons (Fsp3) is 0.148. The summed E-state index contributed by atoms with van der Waals surface area (Å²) in [6, 6.07) is 27.9. The van der Waals surface area contributed by atoms with Gasteiger partial charge in [-0.1, -0.05) is 60.7 Å². The van der Waals surface area contributed by atoms with Crippen LogP contribution in [0, 0.1) is 0 Å². The van der Waals surface area contributed by atoms with Gasteiger partial charge in [-0.2, -0.15) is 0 Å². The van der Waals surface area contributed by atoms with Crippen LogP contribution < -0.4 is 10.1 Å². The van der Waals surface area contributed by atoms with Crippen LogP contribution in [0.25, 0.3) is 11.3 Å². The number of carboxylic acid groups (broad SMARTS) is 1. The van der Waals surface area contributed by atoms with Crippen molar-refractivity contribution in [2.24, 2.45) is 0 Å². The third-order valence-corrected chi connectivity index (χ3v) is 5.08. The van der Waals surface area contributed by atoms with Gasteiger partial charge in [0.25, 0.3) is 0 Å². The van der Waals surface area contributed by atoms with Gasteiger partial charge in [0, 0.05) is 11.6 Å². The lowest BCUT2D eigenvalue weighted by Crippen LogP contribution is -2.34. The van der Waals surface area contributed by atoms with Crippen molar-refractivity contribution < 1.29 is 19.4 Å². The number of aromatic nitrogens is 2. The smallest absolute Gasteiger partial charge is 0.328 e. The van der Waals surface area contributed by atoms with E-state index in [9.17, 15) is 9.90 Å². The van der Waals surface area contributed by atoms with E-state index < -0.39 is 12.0 Å². The summed E-state index contributed by atoms with van der Waals surface area (Å²) < 4.78 is 11.4. The fourth-order valence-corrected chi connectivity index (χ4v) is 3.28. The monoisotopic (exact) mass is 455 g/mol. The molecule has 7 heteroatoms. The van der Waals surface area contributed by atoms with Crippen LogP contribution in [-0.2, 0) is 22.7 Å². The van der Waals surface area contributed by atoms with Crippen molar-refractivity contribution in [2.45, 2.75) is 19.3 Å². The predicted molar refractivity (Wildman–Crippen MR) is 129 cm³/mol. The number of nitrogens with zero attached hydrogens (tertiary/aromatic N) is 2. The van der Waals surface area contributed by atoms with Gasteiger partial charge in [0.05, 0.1) is 18.9 Å². The molecule has 0 fully saturated rings. The zero-order valence-corrected chi connectivity index (χ0v) is 18.5. The maximum Gasteiger partial charge on any atom is 0.328 e. The van der Waals surface area contributed by atoms with Crippen molar-refractivity contribution in [3.8, 4) is 17.0 Å². The highest BCUT2D eigenvalue weighted by Gasteiger charge is 2.18. The molecule has 4 rings (SSSR count). The van der Waals surface area contributed by atoms with E-state index in [2.05, 4.69) is 15.3 Å². The molecular formula is C27H25N3O4. The average Bonchev–Trinajstić information content (AvgIpc) is 2.88.